The quantitative estimate of drug-likeness (QED) is 0.794. The fourth-order valence-electron chi connectivity index (χ4n) is 2.88. The zero-order valence-electron chi connectivity index (χ0n) is 12.8. The predicted molar refractivity (Wildman–Crippen MR) is 90.3 cm³/mol. The molecular formula is C17H15ClN4O2. The maximum absolute atomic E-state index is 12.7. The van der Waals surface area contributed by atoms with E-state index < -0.39 is 0 Å². The third kappa shape index (κ3) is 2.80. The van der Waals surface area contributed by atoms with E-state index in [4.69, 9.17) is 16.3 Å². The number of H-pyrrole nitrogens is 1. The lowest BCUT2D eigenvalue weighted by Gasteiger charge is -2.17. The minimum atomic E-state index is -0.0513. The lowest BCUT2D eigenvalue weighted by atomic mass is 10.2. The van der Waals surface area contributed by atoms with Crippen molar-refractivity contribution in [1.29, 1.82) is 0 Å². The highest BCUT2D eigenvalue weighted by Crippen LogP contribution is 2.27. The molecule has 1 fully saturated rings. The third-order valence-corrected chi connectivity index (χ3v) is 4.44. The molecule has 24 heavy (non-hydrogen) atoms. The monoisotopic (exact) mass is 342 g/mol. The van der Waals surface area contributed by atoms with Gasteiger partial charge in [-0.15, -0.1) is 0 Å². The van der Waals surface area contributed by atoms with Crippen molar-refractivity contribution in [2.24, 2.45) is 0 Å². The van der Waals surface area contributed by atoms with E-state index in [1.165, 1.54) is 0 Å². The molecule has 1 aromatic heterocycles. The molecule has 6 nitrogen and oxygen atoms in total. The van der Waals surface area contributed by atoms with Crippen LogP contribution >= 0.6 is 11.6 Å². The van der Waals surface area contributed by atoms with Crippen molar-refractivity contribution in [3.05, 3.63) is 53.1 Å². The molecule has 0 spiro atoms. The number of ether oxygens (including phenoxy) is 1. The number of rotatable bonds is 3. The van der Waals surface area contributed by atoms with E-state index in [0.29, 0.717) is 34.9 Å². The molecule has 0 bridgehead atoms. The van der Waals surface area contributed by atoms with E-state index >= 15 is 0 Å². The number of nitrogens with zero attached hydrogens (tertiary/aromatic N) is 3. The minimum absolute atomic E-state index is 0.0230. The molecule has 0 saturated carbocycles. The molecule has 1 aliphatic heterocycles. The Morgan fingerprint density at radius 2 is 2.04 bits per heavy atom. The number of aromatic amines is 1. The number of carbonyl (C=O) groups is 1. The number of halogens is 1. The first-order chi connectivity index (χ1) is 11.7. The minimum Gasteiger partial charge on any atom is -0.487 e. The molecule has 2 aromatic carbocycles. The number of benzene rings is 2. The Morgan fingerprint density at radius 3 is 2.92 bits per heavy atom. The fraction of sp³-hybridized carbons (Fsp3) is 0.235. The van der Waals surface area contributed by atoms with E-state index in [9.17, 15) is 4.79 Å². The number of aromatic nitrogens is 3. The molecule has 1 atom stereocenters. The van der Waals surface area contributed by atoms with E-state index in [1.54, 1.807) is 29.2 Å². The molecule has 122 valence electrons. The van der Waals surface area contributed by atoms with Crippen LogP contribution in [0.2, 0.25) is 5.02 Å². The number of para-hydroxylation sites is 1. The molecule has 4 rings (SSSR count). The second-order valence-electron chi connectivity index (χ2n) is 5.74. The number of hydrogen-bond acceptors (Lipinski definition) is 4. The van der Waals surface area contributed by atoms with Gasteiger partial charge >= 0.3 is 0 Å². The second kappa shape index (κ2) is 6.13. The van der Waals surface area contributed by atoms with Crippen molar-refractivity contribution < 1.29 is 9.53 Å². The van der Waals surface area contributed by atoms with E-state index in [2.05, 4.69) is 15.4 Å². The van der Waals surface area contributed by atoms with Crippen LogP contribution in [0.25, 0.3) is 11.0 Å². The molecule has 0 unspecified atom stereocenters. The highest BCUT2D eigenvalue weighted by atomic mass is 35.5. The number of carbonyl (C=O) groups excluding carboxylic acids is 1. The Kier molecular flexibility index (Phi) is 3.82. The summed E-state index contributed by atoms with van der Waals surface area (Å²) in [5, 5.41) is 11.2. The first-order valence-corrected chi connectivity index (χ1v) is 8.09. The molecular weight excluding hydrogens is 328 g/mol. The van der Waals surface area contributed by atoms with Gasteiger partial charge in [0.15, 0.2) is 0 Å². The van der Waals surface area contributed by atoms with E-state index in [1.807, 2.05) is 18.2 Å². The van der Waals surface area contributed by atoms with Crippen molar-refractivity contribution in [3.8, 4) is 5.75 Å². The Morgan fingerprint density at radius 1 is 1.21 bits per heavy atom. The Labute approximate surface area is 143 Å². The number of nitrogens with one attached hydrogen (secondary N) is 1. The SMILES string of the molecule is O=C(c1ccc2n[nH]nc2c1)N1CC[C@@H](Oc2ccccc2Cl)C1. The summed E-state index contributed by atoms with van der Waals surface area (Å²) in [5.41, 5.74) is 2.03. The van der Waals surface area contributed by atoms with E-state index in [0.717, 1.165) is 11.9 Å². The summed E-state index contributed by atoms with van der Waals surface area (Å²) < 4.78 is 5.93. The van der Waals surface area contributed by atoms with Gasteiger partial charge in [-0.1, -0.05) is 23.7 Å². The number of likely N-dealkylation sites (tertiary alicyclic amines) is 1. The number of fused-ring (bicyclic) bond motifs is 1. The van der Waals surface area contributed by atoms with Crippen LogP contribution in [-0.2, 0) is 0 Å². The van der Waals surface area contributed by atoms with Gasteiger partial charge in [0.2, 0.25) is 0 Å². The van der Waals surface area contributed by atoms with Gasteiger partial charge in [-0.3, -0.25) is 4.79 Å². The first kappa shape index (κ1) is 15.0. The van der Waals surface area contributed by atoms with Crippen LogP contribution in [0.15, 0.2) is 42.5 Å². The smallest absolute Gasteiger partial charge is 0.254 e. The maximum atomic E-state index is 12.7. The van der Waals surface area contributed by atoms with Gasteiger partial charge in [-0.2, -0.15) is 15.4 Å². The summed E-state index contributed by atoms with van der Waals surface area (Å²) in [6, 6.07) is 12.7. The zero-order valence-corrected chi connectivity index (χ0v) is 13.5. The average Bonchev–Trinajstić information content (AvgIpc) is 3.24. The summed E-state index contributed by atoms with van der Waals surface area (Å²) in [5.74, 6) is 0.632. The molecule has 2 heterocycles. The molecule has 7 heteroatoms. The van der Waals surface area contributed by atoms with E-state index in [-0.39, 0.29) is 12.0 Å². The second-order valence-corrected chi connectivity index (χ2v) is 6.14. The van der Waals surface area contributed by atoms with Gasteiger partial charge in [0.05, 0.1) is 11.6 Å². The van der Waals surface area contributed by atoms with Crippen LogP contribution in [0.1, 0.15) is 16.8 Å². The van der Waals surface area contributed by atoms with Crippen molar-refractivity contribution in [3.63, 3.8) is 0 Å². The van der Waals surface area contributed by atoms with Crippen molar-refractivity contribution in [2.45, 2.75) is 12.5 Å². The van der Waals surface area contributed by atoms with Crippen LogP contribution in [0.5, 0.6) is 5.75 Å². The highest BCUT2D eigenvalue weighted by Gasteiger charge is 2.28. The molecule has 0 radical (unpaired) electrons. The summed E-state index contributed by atoms with van der Waals surface area (Å²) in [7, 11) is 0. The van der Waals surface area contributed by atoms with Crippen LogP contribution in [0.4, 0.5) is 0 Å². The Hall–Kier alpha value is -2.60. The normalized spacial score (nSPS) is 17.4. The lowest BCUT2D eigenvalue weighted by Crippen LogP contribution is -2.30. The summed E-state index contributed by atoms with van der Waals surface area (Å²) in [4.78, 5) is 14.5. The van der Waals surface area contributed by atoms with Gasteiger partial charge < -0.3 is 9.64 Å². The standard InChI is InChI=1S/C17H15ClN4O2/c18-13-3-1-2-4-16(13)24-12-7-8-22(10-12)17(23)11-5-6-14-15(9-11)20-21-19-14/h1-6,9,12H,7-8,10H2,(H,19,20,21)/t12-/m1/s1. The number of hydrogen-bond donors (Lipinski definition) is 1. The molecule has 1 aliphatic rings. The molecule has 1 saturated heterocycles. The molecule has 0 aliphatic carbocycles. The Bertz CT molecular complexity index is 895. The highest BCUT2D eigenvalue weighted by molar-refractivity contribution is 6.32. The van der Waals surface area contributed by atoms with Gasteiger partial charge in [0, 0.05) is 18.5 Å². The van der Waals surface area contributed by atoms with Crippen molar-refractivity contribution in [2.75, 3.05) is 13.1 Å². The largest absolute Gasteiger partial charge is 0.487 e. The maximum Gasteiger partial charge on any atom is 0.254 e. The molecule has 1 amide bonds. The van der Waals surface area contributed by atoms with Crippen molar-refractivity contribution >= 4 is 28.5 Å². The lowest BCUT2D eigenvalue weighted by molar-refractivity contribution is 0.0772. The fourth-order valence-corrected chi connectivity index (χ4v) is 3.06. The summed E-state index contributed by atoms with van der Waals surface area (Å²) >= 11 is 6.12. The zero-order chi connectivity index (χ0) is 16.5. The average molecular weight is 343 g/mol. The van der Waals surface area contributed by atoms with Gasteiger partial charge in [-0.05, 0) is 30.3 Å². The summed E-state index contributed by atoms with van der Waals surface area (Å²) in [6.07, 6.45) is 0.730. The predicted octanol–water partition coefficient (Wildman–Crippen LogP) is 2.90. The van der Waals surface area contributed by atoms with Crippen LogP contribution in [-0.4, -0.2) is 45.4 Å². The van der Waals surface area contributed by atoms with Crippen LogP contribution in [0, 0.1) is 0 Å². The first-order valence-electron chi connectivity index (χ1n) is 7.72. The summed E-state index contributed by atoms with van der Waals surface area (Å²) in [6.45, 7) is 1.20. The van der Waals surface area contributed by atoms with Crippen LogP contribution < -0.4 is 4.74 Å². The molecule has 3 aromatic rings. The van der Waals surface area contributed by atoms with Gasteiger partial charge in [-0.25, -0.2) is 0 Å². The van der Waals surface area contributed by atoms with Crippen LogP contribution in [0.3, 0.4) is 0 Å². The Balaban J connectivity index is 1.46. The number of amides is 1. The third-order valence-electron chi connectivity index (χ3n) is 4.13. The van der Waals surface area contributed by atoms with Crippen molar-refractivity contribution in [1.82, 2.24) is 20.3 Å². The molecule has 1 N–H and O–H groups in total. The van der Waals surface area contributed by atoms with Gasteiger partial charge in [0.25, 0.3) is 5.91 Å². The van der Waals surface area contributed by atoms with Gasteiger partial charge in [0.1, 0.15) is 22.9 Å². The topological polar surface area (TPSA) is 71.1 Å².